The van der Waals surface area contributed by atoms with Gasteiger partial charge in [-0.05, 0) is 43.6 Å². The highest BCUT2D eigenvalue weighted by atomic mass is 16.3. The molecule has 33 heavy (non-hydrogen) atoms. The zero-order chi connectivity index (χ0) is 22.5. The normalized spacial score (nSPS) is 14.9. The third kappa shape index (κ3) is 4.91. The maximum atomic E-state index is 13.4. The molecule has 6 heteroatoms. The number of hydrogen-bond donors (Lipinski definition) is 1. The fourth-order valence-corrected chi connectivity index (χ4v) is 4.48. The van der Waals surface area contributed by atoms with Gasteiger partial charge < -0.3 is 9.73 Å². The quantitative estimate of drug-likeness (QED) is 0.429. The summed E-state index contributed by atoms with van der Waals surface area (Å²) in [6, 6.07) is 23.9. The standard InChI is InChI=1S/C27H28N4O2/c32-27(28-18-24(25-14-9-17-33-25)30-15-7-8-16-30)23-20-31(19-21-10-3-1-4-11-21)29-26(23)22-12-5-2-6-13-22/h1-6,9-14,17,20,24H,7-8,15-16,18-19H2,(H,28,32)/t24-/m1/s1. The molecule has 1 aliphatic heterocycles. The number of rotatable bonds is 8. The van der Waals surface area contributed by atoms with Crippen LogP contribution in [0.5, 0.6) is 0 Å². The number of benzene rings is 2. The first-order chi connectivity index (χ1) is 16.3. The summed E-state index contributed by atoms with van der Waals surface area (Å²) in [5.74, 6) is 0.768. The van der Waals surface area contributed by atoms with Crippen LogP contribution in [0.1, 0.15) is 40.6 Å². The minimum atomic E-state index is -0.121. The summed E-state index contributed by atoms with van der Waals surface area (Å²) in [4.78, 5) is 15.8. The van der Waals surface area contributed by atoms with Crippen LogP contribution in [-0.2, 0) is 6.54 Å². The zero-order valence-corrected chi connectivity index (χ0v) is 18.6. The van der Waals surface area contributed by atoms with Crippen molar-refractivity contribution in [3.05, 3.63) is 102 Å². The number of amides is 1. The van der Waals surface area contributed by atoms with Crippen molar-refractivity contribution in [3.8, 4) is 11.3 Å². The highest BCUT2D eigenvalue weighted by Gasteiger charge is 2.27. The van der Waals surface area contributed by atoms with E-state index in [-0.39, 0.29) is 11.9 Å². The molecule has 5 rings (SSSR count). The average molecular weight is 441 g/mol. The Bertz CT molecular complexity index is 1160. The molecule has 0 bridgehead atoms. The van der Waals surface area contributed by atoms with E-state index in [0.717, 1.165) is 30.0 Å². The number of aromatic nitrogens is 2. The van der Waals surface area contributed by atoms with Gasteiger partial charge in [0.25, 0.3) is 5.91 Å². The average Bonchev–Trinajstić information content (AvgIpc) is 3.63. The Morgan fingerprint density at radius 1 is 0.970 bits per heavy atom. The molecule has 2 aromatic carbocycles. The molecule has 4 aromatic rings. The first kappa shape index (κ1) is 21.2. The van der Waals surface area contributed by atoms with Crippen molar-refractivity contribution in [2.24, 2.45) is 0 Å². The molecular formula is C27H28N4O2. The van der Waals surface area contributed by atoms with Gasteiger partial charge in [0, 0.05) is 18.3 Å². The van der Waals surface area contributed by atoms with Crippen LogP contribution in [0.25, 0.3) is 11.3 Å². The first-order valence-electron chi connectivity index (χ1n) is 11.5. The predicted molar refractivity (Wildman–Crippen MR) is 128 cm³/mol. The molecular weight excluding hydrogens is 412 g/mol. The van der Waals surface area contributed by atoms with Crippen molar-refractivity contribution in [3.63, 3.8) is 0 Å². The van der Waals surface area contributed by atoms with Crippen molar-refractivity contribution in [1.29, 1.82) is 0 Å². The molecule has 1 aliphatic rings. The van der Waals surface area contributed by atoms with Crippen LogP contribution in [0.3, 0.4) is 0 Å². The lowest BCUT2D eigenvalue weighted by molar-refractivity contribution is 0.0934. The third-order valence-electron chi connectivity index (χ3n) is 6.15. The fourth-order valence-electron chi connectivity index (χ4n) is 4.48. The summed E-state index contributed by atoms with van der Waals surface area (Å²) < 4.78 is 7.54. The number of likely N-dealkylation sites (tertiary alicyclic amines) is 1. The maximum absolute atomic E-state index is 13.4. The number of nitrogens with zero attached hydrogens (tertiary/aromatic N) is 3. The molecule has 2 aromatic heterocycles. The minimum absolute atomic E-state index is 0.0333. The summed E-state index contributed by atoms with van der Waals surface area (Å²) in [7, 11) is 0. The largest absolute Gasteiger partial charge is 0.468 e. The van der Waals surface area contributed by atoms with Gasteiger partial charge in [0.1, 0.15) is 11.5 Å². The summed E-state index contributed by atoms with van der Waals surface area (Å²) in [5.41, 5.74) is 3.34. The number of carbonyl (C=O) groups excluding carboxylic acids is 1. The SMILES string of the molecule is O=C(NC[C@H](c1ccco1)N1CCCC1)c1cn(Cc2ccccc2)nc1-c1ccccc1. The van der Waals surface area contributed by atoms with E-state index < -0.39 is 0 Å². The van der Waals surface area contributed by atoms with Crippen molar-refractivity contribution in [2.45, 2.75) is 25.4 Å². The summed E-state index contributed by atoms with van der Waals surface area (Å²) >= 11 is 0. The van der Waals surface area contributed by atoms with E-state index in [2.05, 4.69) is 22.3 Å². The summed E-state index contributed by atoms with van der Waals surface area (Å²) in [5, 5.41) is 7.94. The Labute approximate surface area is 193 Å². The van der Waals surface area contributed by atoms with E-state index in [1.165, 1.54) is 12.8 Å². The van der Waals surface area contributed by atoms with E-state index in [1.54, 1.807) is 6.26 Å². The van der Waals surface area contributed by atoms with E-state index in [0.29, 0.717) is 24.3 Å². The van der Waals surface area contributed by atoms with Crippen LogP contribution in [0.15, 0.2) is 89.7 Å². The van der Waals surface area contributed by atoms with Crippen LogP contribution in [-0.4, -0.2) is 40.2 Å². The Morgan fingerprint density at radius 3 is 2.39 bits per heavy atom. The lowest BCUT2D eigenvalue weighted by Crippen LogP contribution is -2.36. The Kier molecular flexibility index (Phi) is 6.35. The van der Waals surface area contributed by atoms with Crippen LogP contribution in [0.4, 0.5) is 0 Å². The van der Waals surface area contributed by atoms with Crippen molar-refractivity contribution in [1.82, 2.24) is 20.0 Å². The highest BCUT2D eigenvalue weighted by molar-refractivity contribution is 5.99. The second-order valence-electron chi connectivity index (χ2n) is 8.42. The van der Waals surface area contributed by atoms with Crippen LogP contribution >= 0.6 is 0 Å². The van der Waals surface area contributed by atoms with Gasteiger partial charge in [-0.3, -0.25) is 14.4 Å². The monoisotopic (exact) mass is 440 g/mol. The second kappa shape index (κ2) is 9.88. The summed E-state index contributed by atoms with van der Waals surface area (Å²) in [6.07, 6.45) is 5.90. The molecule has 3 heterocycles. The van der Waals surface area contributed by atoms with Gasteiger partial charge in [-0.15, -0.1) is 0 Å². The van der Waals surface area contributed by atoms with Crippen molar-refractivity contribution < 1.29 is 9.21 Å². The molecule has 0 saturated carbocycles. The molecule has 0 radical (unpaired) electrons. The topological polar surface area (TPSA) is 63.3 Å². The van der Waals surface area contributed by atoms with Crippen molar-refractivity contribution >= 4 is 5.91 Å². The Morgan fingerprint density at radius 2 is 1.70 bits per heavy atom. The third-order valence-corrected chi connectivity index (χ3v) is 6.15. The van der Waals surface area contributed by atoms with E-state index >= 15 is 0 Å². The number of nitrogens with one attached hydrogen (secondary N) is 1. The van der Waals surface area contributed by atoms with Gasteiger partial charge in [-0.1, -0.05) is 60.7 Å². The number of carbonyl (C=O) groups is 1. The predicted octanol–water partition coefficient (Wildman–Crippen LogP) is 4.76. The maximum Gasteiger partial charge on any atom is 0.255 e. The lowest BCUT2D eigenvalue weighted by Gasteiger charge is -2.26. The van der Waals surface area contributed by atoms with Gasteiger partial charge in [-0.25, -0.2) is 0 Å². The molecule has 1 atom stereocenters. The smallest absolute Gasteiger partial charge is 0.255 e. The first-order valence-corrected chi connectivity index (χ1v) is 11.5. The van der Waals surface area contributed by atoms with E-state index in [4.69, 9.17) is 9.52 Å². The molecule has 1 amide bonds. The van der Waals surface area contributed by atoms with Gasteiger partial charge in [0.05, 0.1) is 24.4 Å². The molecule has 1 N–H and O–H groups in total. The molecule has 0 aliphatic carbocycles. The van der Waals surface area contributed by atoms with Crippen LogP contribution in [0, 0.1) is 0 Å². The zero-order valence-electron chi connectivity index (χ0n) is 18.6. The van der Waals surface area contributed by atoms with Gasteiger partial charge in [0.2, 0.25) is 0 Å². The fraction of sp³-hybridized carbons (Fsp3) is 0.259. The lowest BCUT2D eigenvalue weighted by atomic mass is 10.1. The Hall–Kier alpha value is -3.64. The van der Waals surface area contributed by atoms with Crippen LogP contribution in [0.2, 0.25) is 0 Å². The molecule has 0 unspecified atom stereocenters. The molecule has 1 fully saturated rings. The van der Waals surface area contributed by atoms with E-state index in [1.807, 2.05) is 71.5 Å². The highest BCUT2D eigenvalue weighted by Crippen LogP contribution is 2.26. The van der Waals surface area contributed by atoms with Crippen molar-refractivity contribution in [2.75, 3.05) is 19.6 Å². The molecule has 1 saturated heterocycles. The summed E-state index contributed by atoms with van der Waals surface area (Å²) in [6.45, 7) is 3.14. The van der Waals surface area contributed by atoms with Gasteiger partial charge in [-0.2, -0.15) is 5.10 Å². The Balaban J connectivity index is 1.39. The molecule has 168 valence electrons. The number of furan rings is 1. The second-order valence-corrected chi connectivity index (χ2v) is 8.42. The molecule has 0 spiro atoms. The van der Waals surface area contributed by atoms with Crippen LogP contribution < -0.4 is 5.32 Å². The number of hydrogen-bond acceptors (Lipinski definition) is 4. The van der Waals surface area contributed by atoms with E-state index in [9.17, 15) is 4.79 Å². The van der Waals surface area contributed by atoms with Gasteiger partial charge in [0.15, 0.2) is 0 Å². The molecule has 6 nitrogen and oxygen atoms in total. The minimum Gasteiger partial charge on any atom is -0.468 e. The van der Waals surface area contributed by atoms with Gasteiger partial charge >= 0.3 is 0 Å².